The molecule has 1 saturated carbocycles. The number of ether oxygens (including phenoxy) is 1. The SMILES string of the molecule is O=C(CC1CCC1)N1C(=O)OCC1Cc1ccccc1. The molecule has 1 saturated heterocycles. The van der Waals surface area contributed by atoms with Crippen molar-refractivity contribution in [3.8, 4) is 0 Å². The van der Waals surface area contributed by atoms with Gasteiger partial charge < -0.3 is 4.74 Å². The Kier molecular flexibility index (Phi) is 3.72. The zero-order chi connectivity index (χ0) is 13.9. The van der Waals surface area contributed by atoms with Crippen molar-refractivity contribution < 1.29 is 14.3 Å². The van der Waals surface area contributed by atoms with E-state index in [4.69, 9.17) is 4.74 Å². The molecule has 1 unspecified atom stereocenters. The van der Waals surface area contributed by atoms with Crippen molar-refractivity contribution in [1.29, 1.82) is 0 Å². The lowest BCUT2D eigenvalue weighted by atomic mass is 9.82. The van der Waals surface area contributed by atoms with E-state index in [0.29, 0.717) is 25.4 Å². The van der Waals surface area contributed by atoms with Gasteiger partial charge in [0.1, 0.15) is 6.61 Å². The predicted molar refractivity (Wildman–Crippen MR) is 74.1 cm³/mol. The first kappa shape index (κ1) is 13.2. The van der Waals surface area contributed by atoms with Gasteiger partial charge in [-0.1, -0.05) is 36.8 Å². The number of amides is 2. The van der Waals surface area contributed by atoms with Crippen LogP contribution in [0.25, 0.3) is 0 Å². The largest absolute Gasteiger partial charge is 0.447 e. The lowest BCUT2D eigenvalue weighted by Crippen LogP contribution is -2.41. The average Bonchev–Trinajstić information content (AvgIpc) is 2.76. The Balaban J connectivity index is 1.66. The number of hydrogen-bond donors (Lipinski definition) is 0. The quantitative estimate of drug-likeness (QED) is 0.847. The molecule has 0 radical (unpaired) electrons. The van der Waals surface area contributed by atoms with Crippen LogP contribution in [0.5, 0.6) is 0 Å². The van der Waals surface area contributed by atoms with Gasteiger partial charge in [0.15, 0.2) is 0 Å². The van der Waals surface area contributed by atoms with Crippen molar-refractivity contribution in [3.05, 3.63) is 35.9 Å². The second-order valence-electron chi connectivity index (χ2n) is 5.69. The summed E-state index contributed by atoms with van der Waals surface area (Å²) in [6.45, 7) is 0.310. The molecule has 2 amide bonds. The van der Waals surface area contributed by atoms with Crippen molar-refractivity contribution >= 4 is 12.0 Å². The highest BCUT2D eigenvalue weighted by Gasteiger charge is 2.38. The standard InChI is InChI=1S/C16H19NO3/c18-15(10-13-7-4-8-13)17-14(11-20-16(17)19)9-12-5-2-1-3-6-12/h1-3,5-6,13-14H,4,7-11H2. The normalized spacial score (nSPS) is 22.5. The number of imide groups is 1. The van der Waals surface area contributed by atoms with E-state index in [2.05, 4.69) is 0 Å². The highest BCUT2D eigenvalue weighted by Crippen LogP contribution is 2.31. The molecule has 1 aliphatic heterocycles. The first-order valence-corrected chi connectivity index (χ1v) is 7.27. The summed E-state index contributed by atoms with van der Waals surface area (Å²) in [6.07, 6.45) is 4.10. The molecule has 1 aliphatic carbocycles. The Morgan fingerprint density at radius 1 is 1.25 bits per heavy atom. The smallest absolute Gasteiger partial charge is 0.416 e. The molecule has 0 bridgehead atoms. The fourth-order valence-electron chi connectivity index (χ4n) is 2.84. The Hall–Kier alpha value is -1.84. The summed E-state index contributed by atoms with van der Waals surface area (Å²) in [7, 11) is 0. The van der Waals surface area contributed by atoms with Crippen LogP contribution in [0.3, 0.4) is 0 Å². The average molecular weight is 273 g/mol. The number of benzene rings is 1. The van der Waals surface area contributed by atoms with E-state index >= 15 is 0 Å². The maximum absolute atomic E-state index is 12.3. The topological polar surface area (TPSA) is 46.6 Å². The zero-order valence-electron chi connectivity index (χ0n) is 11.5. The van der Waals surface area contributed by atoms with E-state index in [0.717, 1.165) is 18.4 Å². The van der Waals surface area contributed by atoms with Gasteiger partial charge in [0.05, 0.1) is 6.04 Å². The summed E-state index contributed by atoms with van der Waals surface area (Å²) in [5.74, 6) is 0.395. The number of rotatable bonds is 4. The summed E-state index contributed by atoms with van der Waals surface area (Å²) in [5, 5.41) is 0. The first-order valence-electron chi connectivity index (χ1n) is 7.27. The Labute approximate surface area is 118 Å². The minimum absolute atomic E-state index is 0.0712. The maximum atomic E-state index is 12.3. The second kappa shape index (κ2) is 5.65. The molecule has 0 spiro atoms. The highest BCUT2D eigenvalue weighted by atomic mass is 16.6. The summed E-state index contributed by atoms with van der Waals surface area (Å²) < 4.78 is 5.07. The second-order valence-corrected chi connectivity index (χ2v) is 5.69. The molecule has 3 rings (SSSR count). The number of cyclic esters (lactones) is 1. The van der Waals surface area contributed by atoms with Crippen molar-refractivity contribution in [2.75, 3.05) is 6.61 Å². The van der Waals surface area contributed by atoms with Gasteiger partial charge in [-0.25, -0.2) is 9.69 Å². The van der Waals surface area contributed by atoms with Gasteiger partial charge in [-0.2, -0.15) is 0 Å². The van der Waals surface area contributed by atoms with Gasteiger partial charge in [0.25, 0.3) is 0 Å². The first-order chi connectivity index (χ1) is 9.74. The highest BCUT2D eigenvalue weighted by molar-refractivity contribution is 5.93. The van der Waals surface area contributed by atoms with Gasteiger partial charge in [-0.05, 0) is 30.7 Å². The third-order valence-corrected chi connectivity index (χ3v) is 4.23. The minimum Gasteiger partial charge on any atom is -0.447 e. The van der Waals surface area contributed by atoms with Gasteiger partial charge in [0.2, 0.25) is 5.91 Å². The summed E-state index contributed by atoms with van der Waals surface area (Å²) >= 11 is 0. The van der Waals surface area contributed by atoms with Crippen LogP contribution < -0.4 is 0 Å². The van der Waals surface area contributed by atoms with Crippen LogP contribution in [0.4, 0.5) is 4.79 Å². The summed E-state index contributed by atoms with van der Waals surface area (Å²) in [5.41, 5.74) is 1.12. The fraction of sp³-hybridized carbons (Fsp3) is 0.500. The third-order valence-electron chi connectivity index (χ3n) is 4.23. The third kappa shape index (κ3) is 2.69. The van der Waals surface area contributed by atoms with E-state index in [1.54, 1.807) is 0 Å². The van der Waals surface area contributed by atoms with Crippen LogP contribution in [-0.4, -0.2) is 29.5 Å². The van der Waals surface area contributed by atoms with Crippen molar-refractivity contribution in [3.63, 3.8) is 0 Å². The van der Waals surface area contributed by atoms with Crippen molar-refractivity contribution in [2.24, 2.45) is 5.92 Å². The van der Waals surface area contributed by atoms with Crippen LogP contribution in [0, 0.1) is 5.92 Å². The van der Waals surface area contributed by atoms with Gasteiger partial charge in [0, 0.05) is 6.42 Å². The molecular weight excluding hydrogens is 254 g/mol. The van der Waals surface area contributed by atoms with Crippen LogP contribution in [-0.2, 0) is 16.0 Å². The van der Waals surface area contributed by atoms with Crippen LogP contribution in [0.1, 0.15) is 31.2 Å². The Morgan fingerprint density at radius 3 is 2.65 bits per heavy atom. The molecule has 0 N–H and O–H groups in total. The molecule has 1 heterocycles. The number of carbonyl (C=O) groups is 2. The van der Waals surface area contributed by atoms with E-state index in [-0.39, 0.29) is 11.9 Å². The molecule has 1 aromatic rings. The van der Waals surface area contributed by atoms with Gasteiger partial charge >= 0.3 is 6.09 Å². The number of hydrogen-bond acceptors (Lipinski definition) is 3. The van der Waals surface area contributed by atoms with E-state index in [9.17, 15) is 9.59 Å². The van der Waals surface area contributed by atoms with E-state index in [1.165, 1.54) is 11.3 Å². The maximum Gasteiger partial charge on any atom is 0.416 e. The summed E-state index contributed by atoms with van der Waals surface area (Å²) in [4.78, 5) is 25.4. The Morgan fingerprint density at radius 2 is 2.00 bits per heavy atom. The van der Waals surface area contributed by atoms with E-state index < -0.39 is 6.09 Å². The molecule has 1 atom stereocenters. The predicted octanol–water partition coefficient (Wildman–Crippen LogP) is 2.77. The van der Waals surface area contributed by atoms with Crippen LogP contribution in [0.15, 0.2) is 30.3 Å². The lowest BCUT2D eigenvalue weighted by Gasteiger charge is -2.27. The monoisotopic (exact) mass is 273 g/mol. The van der Waals surface area contributed by atoms with Crippen LogP contribution in [0.2, 0.25) is 0 Å². The van der Waals surface area contributed by atoms with Crippen LogP contribution >= 0.6 is 0 Å². The van der Waals surface area contributed by atoms with Gasteiger partial charge in [-0.3, -0.25) is 4.79 Å². The molecule has 2 aliphatic rings. The molecular formula is C16H19NO3. The lowest BCUT2D eigenvalue weighted by molar-refractivity contribution is -0.130. The zero-order valence-corrected chi connectivity index (χ0v) is 11.5. The molecule has 0 aromatic heterocycles. The molecule has 4 nitrogen and oxygen atoms in total. The molecule has 2 fully saturated rings. The molecule has 106 valence electrons. The fourth-order valence-corrected chi connectivity index (χ4v) is 2.84. The molecule has 1 aromatic carbocycles. The molecule has 4 heteroatoms. The number of nitrogens with zero attached hydrogens (tertiary/aromatic N) is 1. The van der Waals surface area contributed by atoms with Crippen molar-refractivity contribution in [2.45, 2.75) is 38.1 Å². The minimum atomic E-state index is -0.477. The van der Waals surface area contributed by atoms with E-state index in [1.807, 2.05) is 30.3 Å². The summed E-state index contributed by atoms with van der Waals surface area (Å²) in [6, 6.07) is 9.76. The number of carbonyl (C=O) groups excluding carboxylic acids is 2. The van der Waals surface area contributed by atoms with Gasteiger partial charge in [-0.15, -0.1) is 0 Å². The van der Waals surface area contributed by atoms with Crippen molar-refractivity contribution in [1.82, 2.24) is 4.90 Å². The molecule has 20 heavy (non-hydrogen) atoms. The Bertz CT molecular complexity index is 496.